The molecule has 1 aliphatic heterocycles. The standard InChI is InChI=1S/C17H18ClN3O4S/c1-25-16-3-2-11(18)8-14(16)21-17(22)15-9-12(4-6-19-15)20-13-5-7-26(23,24)10-13/h2-4,6,8-9,13H,5,7,10H2,1H3,(H,19,20)(H,21,22). The molecule has 138 valence electrons. The Labute approximate surface area is 156 Å². The highest BCUT2D eigenvalue weighted by Gasteiger charge is 2.27. The van der Waals surface area contributed by atoms with Crippen LogP contribution in [0.4, 0.5) is 11.4 Å². The fourth-order valence-corrected chi connectivity index (χ4v) is 4.60. The molecule has 1 aliphatic rings. The minimum Gasteiger partial charge on any atom is -0.495 e. The molecule has 0 radical (unpaired) electrons. The zero-order chi connectivity index (χ0) is 18.7. The fraction of sp³-hybridized carbons (Fsp3) is 0.294. The van der Waals surface area contributed by atoms with Crippen molar-refractivity contribution in [2.45, 2.75) is 12.5 Å². The maximum Gasteiger partial charge on any atom is 0.274 e. The van der Waals surface area contributed by atoms with Gasteiger partial charge in [-0.05, 0) is 36.8 Å². The average molecular weight is 396 g/mol. The summed E-state index contributed by atoms with van der Waals surface area (Å²) in [4.78, 5) is 16.6. The van der Waals surface area contributed by atoms with Gasteiger partial charge in [0.1, 0.15) is 11.4 Å². The number of aromatic nitrogens is 1. The molecule has 2 heterocycles. The molecule has 1 aromatic heterocycles. The molecule has 0 aliphatic carbocycles. The molecule has 1 unspecified atom stereocenters. The molecule has 2 aromatic rings. The summed E-state index contributed by atoms with van der Waals surface area (Å²) < 4.78 is 28.3. The SMILES string of the molecule is COc1ccc(Cl)cc1NC(=O)c1cc(NC2CCS(=O)(=O)C2)ccn1. The molecule has 26 heavy (non-hydrogen) atoms. The first-order chi connectivity index (χ1) is 12.4. The number of anilines is 2. The van der Waals surface area contributed by atoms with Crippen molar-refractivity contribution in [2.24, 2.45) is 0 Å². The molecule has 0 saturated carbocycles. The second kappa shape index (κ2) is 7.51. The number of amides is 1. The van der Waals surface area contributed by atoms with Crippen LogP contribution < -0.4 is 15.4 Å². The number of nitrogens with zero attached hydrogens (tertiary/aromatic N) is 1. The highest BCUT2D eigenvalue weighted by Crippen LogP contribution is 2.28. The van der Waals surface area contributed by atoms with Crippen molar-refractivity contribution in [3.05, 3.63) is 47.2 Å². The molecule has 1 saturated heterocycles. The lowest BCUT2D eigenvalue weighted by Gasteiger charge is -2.13. The predicted molar refractivity (Wildman–Crippen MR) is 101 cm³/mol. The normalized spacial score (nSPS) is 18.3. The van der Waals surface area contributed by atoms with E-state index in [2.05, 4.69) is 15.6 Å². The van der Waals surface area contributed by atoms with Crippen LogP contribution in [0.1, 0.15) is 16.9 Å². The van der Waals surface area contributed by atoms with Crippen molar-refractivity contribution < 1.29 is 17.9 Å². The van der Waals surface area contributed by atoms with E-state index in [0.29, 0.717) is 28.6 Å². The van der Waals surface area contributed by atoms with Crippen LogP contribution in [0.5, 0.6) is 5.75 Å². The first kappa shape index (κ1) is 18.5. The van der Waals surface area contributed by atoms with Gasteiger partial charge in [-0.15, -0.1) is 0 Å². The zero-order valence-electron chi connectivity index (χ0n) is 14.0. The quantitative estimate of drug-likeness (QED) is 0.807. The van der Waals surface area contributed by atoms with E-state index in [1.165, 1.54) is 13.3 Å². The lowest BCUT2D eigenvalue weighted by molar-refractivity contribution is 0.102. The Balaban J connectivity index is 1.73. The van der Waals surface area contributed by atoms with E-state index in [0.717, 1.165) is 0 Å². The molecule has 2 N–H and O–H groups in total. The number of hydrogen-bond donors (Lipinski definition) is 2. The Morgan fingerprint density at radius 1 is 1.31 bits per heavy atom. The third kappa shape index (κ3) is 4.44. The number of ether oxygens (including phenoxy) is 1. The van der Waals surface area contributed by atoms with E-state index in [1.807, 2.05) is 0 Å². The number of carbonyl (C=O) groups is 1. The highest BCUT2D eigenvalue weighted by molar-refractivity contribution is 7.91. The van der Waals surface area contributed by atoms with Gasteiger partial charge in [-0.2, -0.15) is 0 Å². The number of carbonyl (C=O) groups excluding carboxylic acids is 1. The topological polar surface area (TPSA) is 97.4 Å². The van der Waals surface area contributed by atoms with Gasteiger partial charge in [-0.1, -0.05) is 11.6 Å². The largest absolute Gasteiger partial charge is 0.495 e. The van der Waals surface area contributed by atoms with E-state index >= 15 is 0 Å². The zero-order valence-corrected chi connectivity index (χ0v) is 15.6. The number of sulfone groups is 1. The van der Waals surface area contributed by atoms with Crippen LogP contribution in [0.3, 0.4) is 0 Å². The first-order valence-corrected chi connectivity index (χ1v) is 10.1. The molecule has 3 rings (SSSR count). The van der Waals surface area contributed by atoms with Crippen LogP contribution in [-0.4, -0.2) is 44.0 Å². The molecule has 0 spiro atoms. The summed E-state index contributed by atoms with van der Waals surface area (Å²) in [5, 5.41) is 6.33. The van der Waals surface area contributed by atoms with Crippen LogP contribution in [-0.2, 0) is 9.84 Å². The summed E-state index contributed by atoms with van der Waals surface area (Å²) >= 11 is 5.97. The van der Waals surface area contributed by atoms with Crippen molar-refractivity contribution in [1.29, 1.82) is 0 Å². The average Bonchev–Trinajstić information content (AvgIpc) is 2.94. The highest BCUT2D eigenvalue weighted by atomic mass is 35.5. The molecule has 9 heteroatoms. The van der Waals surface area contributed by atoms with Gasteiger partial charge >= 0.3 is 0 Å². The van der Waals surface area contributed by atoms with Crippen LogP contribution in [0.2, 0.25) is 5.02 Å². The van der Waals surface area contributed by atoms with Crippen LogP contribution in [0.25, 0.3) is 0 Å². The molecule has 0 bridgehead atoms. The Morgan fingerprint density at radius 2 is 2.12 bits per heavy atom. The third-order valence-electron chi connectivity index (χ3n) is 4.01. The predicted octanol–water partition coefficient (Wildman–Crippen LogP) is 2.59. The third-order valence-corrected chi connectivity index (χ3v) is 6.01. The Hall–Kier alpha value is -2.32. The van der Waals surface area contributed by atoms with Crippen LogP contribution >= 0.6 is 11.6 Å². The maximum absolute atomic E-state index is 12.5. The van der Waals surface area contributed by atoms with E-state index in [4.69, 9.17) is 16.3 Å². The smallest absolute Gasteiger partial charge is 0.274 e. The minimum atomic E-state index is -2.98. The summed E-state index contributed by atoms with van der Waals surface area (Å²) in [5.41, 5.74) is 1.27. The summed E-state index contributed by atoms with van der Waals surface area (Å²) in [7, 11) is -1.48. The van der Waals surface area contributed by atoms with Gasteiger partial charge in [0, 0.05) is 22.9 Å². The summed E-state index contributed by atoms with van der Waals surface area (Å²) in [6.45, 7) is 0. The molecular formula is C17H18ClN3O4S. The number of methoxy groups -OCH3 is 1. The molecule has 7 nitrogen and oxygen atoms in total. The van der Waals surface area contributed by atoms with E-state index in [1.54, 1.807) is 30.3 Å². The second-order valence-electron chi connectivity index (χ2n) is 5.97. The Bertz CT molecular complexity index is 933. The molecule has 1 amide bonds. The molecule has 1 fully saturated rings. The monoisotopic (exact) mass is 395 g/mol. The molecule has 1 atom stereocenters. The maximum atomic E-state index is 12.5. The number of halogens is 1. The van der Waals surface area contributed by atoms with Crippen molar-refractivity contribution in [2.75, 3.05) is 29.2 Å². The Kier molecular flexibility index (Phi) is 5.33. The number of pyridine rings is 1. The summed E-state index contributed by atoms with van der Waals surface area (Å²) in [6, 6.07) is 8.02. The fourth-order valence-electron chi connectivity index (χ4n) is 2.75. The van der Waals surface area contributed by atoms with Crippen LogP contribution in [0, 0.1) is 0 Å². The number of hydrogen-bond acceptors (Lipinski definition) is 6. The van der Waals surface area contributed by atoms with E-state index in [9.17, 15) is 13.2 Å². The summed E-state index contributed by atoms with van der Waals surface area (Å²) in [5.74, 6) is 0.329. The second-order valence-corrected chi connectivity index (χ2v) is 8.64. The van der Waals surface area contributed by atoms with Gasteiger partial charge in [0.15, 0.2) is 9.84 Å². The number of rotatable bonds is 5. The van der Waals surface area contributed by atoms with E-state index in [-0.39, 0.29) is 23.2 Å². The van der Waals surface area contributed by atoms with Gasteiger partial charge in [-0.3, -0.25) is 9.78 Å². The van der Waals surface area contributed by atoms with Crippen molar-refractivity contribution in [3.63, 3.8) is 0 Å². The van der Waals surface area contributed by atoms with Gasteiger partial charge in [0.2, 0.25) is 0 Å². The lowest BCUT2D eigenvalue weighted by Crippen LogP contribution is -2.21. The number of benzene rings is 1. The van der Waals surface area contributed by atoms with Crippen LogP contribution in [0.15, 0.2) is 36.5 Å². The molecular weight excluding hydrogens is 378 g/mol. The minimum absolute atomic E-state index is 0.0938. The lowest BCUT2D eigenvalue weighted by atomic mass is 10.2. The first-order valence-electron chi connectivity index (χ1n) is 7.94. The van der Waals surface area contributed by atoms with E-state index < -0.39 is 15.7 Å². The van der Waals surface area contributed by atoms with Gasteiger partial charge < -0.3 is 15.4 Å². The van der Waals surface area contributed by atoms with Crippen molar-refractivity contribution in [3.8, 4) is 5.75 Å². The van der Waals surface area contributed by atoms with Gasteiger partial charge in [0.05, 0.1) is 24.3 Å². The Morgan fingerprint density at radius 3 is 2.81 bits per heavy atom. The van der Waals surface area contributed by atoms with Gasteiger partial charge in [-0.25, -0.2) is 8.42 Å². The number of nitrogens with one attached hydrogen (secondary N) is 2. The summed E-state index contributed by atoms with van der Waals surface area (Å²) in [6.07, 6.45) is 2.04. The molecule has 1 aromatic carbocycles. The van der Waals surface area contributed by atoms with Gasteiger partial charge in [0.25, 0.3) is 5.91 Å². The van der Waals surface area contributed by atoms with Crippen molar-refractivity contribution >= 4 is 38.7 Å². The van der Waals surface area contributed by atoms with Crippen molar-refractivity contribution in [1.82, 2.24) is 4.98 Å².